The molecule has 0 atom stereocenters. The normalized spacial score (nSPS) is 16.6. The summed E-state index contributed by atoms with van der Waals surface area (Å²) in [6, 6.07) is 13.6. The number of anilines is 2. The number of rotatable bonds is 5. The van der Waals surface area contributed by atoms with Crippen molar-refractivity contribution in [3.8, 4) is 0 Å². The smallest absolute Gasteiger partial charge is 0.259 e. The molecule has 2 aromatic carbocycles. The van der Waals surface area contributed by atoms with Crippen LogP contribution in [0.2, 0.25) is 5.02 Å². The van der Waals surface area contributed by atoms with E-state index in [4.69, 9.17) is 16.3 Å². The first-order chi connectivity index (χ1) is 19.9. The maximum atomic E-state index is 14.0. The highest BCUT2D eigenvalue weighted by Crippen LogP contribution is 2.44. The lowest BCUT2D eigenvalue weighted by molar-refractivity contribution is -0.0741. The zero-order valence-electron chi connectivity index (χ0n) is 23.9. The molecule has 4 aromatic rings. The fraction of sp³-hybridized carbons (Fsp3) is 0.367. The van der Waals surface area contributed by atoms with E-state index in [2.05, 4.69) is 32.3 Å². The van der Waals surface area contributed by atoms with E-state index in [1.807, 2.05) is 19.1 Å². The number of hydrogen-bond acceptors (Lipinski definition) is 7. The molecule has 1 saturated heterocycles. The molecule has 0 saturated carbocycles. The quantitative estimate of drug-likeness (QED) is 0.321. The number of halogens is 1. The molecule has 42 heavy (non-hydrogen) atoms. The topological polar surface area (TPSA) is 118 Å². The Balaban J connectivity index is 1.37. The second-order valence-electron chi connectivity index (χ2n) is 11.9. The van der Waals surface area contributed by atoms with Gasteiger partial charge in [-0.2, -0.15) is 9.61 Å². The summed E-state index contributed by atoms with van der Waals surface area (Å²) in [7, 11) is -3.95. The molecule has 0 bridgehead atoms. The van der Waals surface area contributed by atoms with E-state index >= 15 is 0 Å². The average Bonchev–Trinajstić information content (AvgIpc) is 3.52. The van der Waals surface area contributed by atoms with Crippen LogP contribution in [0.5, 0.6) is 0 Å². The van der Waals surface area contributed by atoms with Crippen molar-refractivity contribution in [3.05, 3.63) is 82.1 Å². The van der Waals surface area contributed by atoms with Crippen LogP contribution in [0.3, 0.4) is 0 Å². The standard InChI is InChI=1S/C30H33ClN6O4S/c1-19-15-21(31)9-10-24(19)34-26-22(16-32-27-25(17-33-37(26)27)42(39,40)35-29(2,3)4)28(38)36-13-11-30(12-14-36)23-8-6-5-7-20(23)18-41-30/h5-10,15-17,34-35H,11-14,18H2,1-4H3. The minimum atomic E-state index is -3.95. The van der Waals surface area contributed by atoms with Crippen LogP contribution in [0.25, 0.3) is 5.65 Å². The van der Waals surface area contributed by atoms with Gasteiger partial charge in [0.15, 0.2) is 5.65 Å². The number of fused-ring (bicyclic) bond motifs is 3. The summed E-state index contributed by atoms with van der Waals surface area (Å²) in [6.07, 6.45) is 4.03. The van der Waals surface area contributed by atoms with Crippen LogP contribution in [-0.2, 0) is 27.0 Å². The number of aryl methyl sites for hydroxylation is 1. The number of hydrogen-bond donors (Lipinski definition) is 2. The first kappa shape index (κ1) is 28.6. The van der Waals surface area contributed by atoms with Crippen LogP contribution in [0.15, 0.2) is 59.8 Å². The molecular weight excluding hydrogens is 576 g/mol. The molecule has 1 amide bonds. The summed E-state index contributed by atoms with van der Waals surface area (Å²) >= 11 is 6.19. The Labute approximate surface area is 250 Å². The van der Waals surface area contributed by atoms with E-state index in [-0.39, 0.29) is 27.6 Å². The zero-order chi connectivity index (χ0) is 29.9. The molecule has 2 aliphatic rings. The summed E-state index contributed by atoms with van der Waals surface area (Å²) < 4.78 is 36.8. The molecule has 1 fully saturated rings. The van der Waals surface area contributed by atoms with E-state index in [1.54, 1.807) is 43.9 Å². The third kappa shape index (κ3) is 5.15. The number of sulfonamides is 1. The van der Waals surface area contributed by atoms with Crippen molar-refractivity contribution >= 4 is 44.7 Å². The monoisotopic (exact) mass is 608 g/mol. The van der Waals surface area contributed by atoms with Gasteiger partial charge in [-0.1, -0.05) is 35.9 Å². The van der Waals surface area contributed by atoms with E-state index in [9.17, 15) is 13.2 Å². The summed E-state index contributed by atoms with van der Waals surface area (Å²) in [5, 5.41) is 8.28. The Bertz CT molecular complexity index is 1810. The van der Waals surface area contributed by atoms with Gasteiger partial charge >= 0.3 is 0 Å². The van der Waals surface area contributed by atoms with Gasteiger partial charge in [0.2, 0.25) is 10.0 Å². The number of amides is 1. The van der Waals surface area contributed by atoms with E-state index in [1.165, 1.54) is 28.0 Å². The Morgan fingerprint density at radius 1 is 1.10 bits per heavy atom. The average molecular weight is 609 g/mol. The number of aromatic nitrogens is 3. The van der Waals surface area contributed by atoms with Crippen molar-refractivity contribution in [1.82, 2.24) is 24.2 Å². The molecule has 6 rings (SSSR count). The first-order valence-electron chi connectivity index (χ1n) is 13.8. The predicted molar refractivity (Wildman–Crippen MR) is 161 cm³/mol. The lowest BCUT2D eigenvalue weighted by Gasteiger charge is -2.39. The van der Waals surface area contributed by atoms with Crippen LogP contribution >= 0.6 is 11.6 Å². The number of piperidine rings is 1. The van der Waals surface area contributed by atoms with Crippen LogP contribution in [0, 0.1) is 6.92 Å². The number of benzene rings is 2. The van der Waals surface area contributed by atoms with Gasteiger partial charge in [-0.25, -0.2) is 18.1 Å². The SMILES string of the molecule is Cc1cc(Cl)ccc1Nc1c(C(=O)N2CCC3(CC2)OCc2ccccc23)cnc2c(S(=O)(=O)NC(C)(C)C)cnn12. The summed E-state index contributed by atoms with van der Waals surface area (Å²) in [5.41, 5.74) is 3.22. The maximum Gasteiger partial charge on any atom is 0.259 e. The molecule has 1 spiro atoms. The van der Waals surface area contributed by atoms with Crippen LogP contribution in [0.4, 0.5) is 11.5 Å². The molecular formula is C30H33ClN6O4S. The van der Waals surface area contributed by atoms with Crippen molar-refractivity contribution in [1.29, 1.82) is 0 Å². The highest BCUT2D eigenvalue weighted by atomic mass is 35.5. The fourth-order valence-electron chi connectivity index (χ4n) is 5.77. The summed E-state index contributed by atoms with van der Waals surface area (Å²) in [6.45, 7) is 8.74. The number of ether oxygens (including phenoxy) is 1. The molecule has 10 nitrogen and oxygen atoms in total. The number of likely N-dealkylation sites (tertiary alicyclic amines) is 1. The third-order valence-corrected chi connectivity index (χ3v) is 9.75. The Morgan fingerprint density at radius 3 is 2.55 bits per heavy atom. The minimum Gasteiger partial charge on any atom is -0.365 e. The third-order valence-electron chi connectivity index (χ3n) is 7.77. The second-order valence-corrected chi connectivity index (χ2v) is 14.0. The largest absolute Gasteiger partial charge is 0.365 e. The zero-order valence-corrected chi connectivity index (χ0v) is 25.5. The van der Waals surface area contributed by atoms with Crippen molar-refractivity contribution in [3.63, 3.8) is 0 Å². The van der Waals surface area contributed by atoms with Crippen molar-refractivity contribution in [2.45, 2.75) is 63.2 Å². The molecule has 2 aromatic heterocycles. The molecule has 0 aliphatic carbocycles. The van der Waals surface area contributed by atoms with Crippen LogP contribution < -0.4 is 10.0 Å². The molecule has 0 radical (unpaired) electrons. The van der Waals surface area contributed by atoms with Gasteiger partial charge in [-0.3, -0.25) is 4.79 Å². The van der Waals surface area contributed by atoms with Crippen molar-refractivity contribution in [2.24, 2.45) is 0 Å². The van der Waals surface area contributed by atoms with Crippen molar-refractivity contribution in [2.75, 3.05) is 18.4 Å². The number of nitrogens with zero attached hydrogens (tertiary/aromatic N) is 4. The molecule has 4 heterocycles. The van der Waals surface area contributed by atoms with Crippen molar-refractivity contribution < 1.29 is 17.9 Å². The highest BCUT2D eigenvalue weighted by Gasteiger charge is 2.43. The van der Waals surface area contributed by atoms with Gasteiger partial charge in [0.05, 0.1) is 18.4 Å². The van der Waals surface area contributed by atoms with E-state index in [0.717, 1.165) is 5.56 Å². The van der Waals surface area contributed by atoms with E-state index in [0.29, 0.717) is 49.1 Å². The van der Waals surface area contributed by atoms with Crippen LogP contribution in [0.1, 0.15) is 60.7 Å². The van der Waals surface area contributed by atoms with Gasteiger partial charge in [-0.15, -0.1) is 0 Å². The lowest BCUT2D eigenvalue weighted by atomic mass is 9.83. The number of carbonyl (C=O) groups excluding carboxylic acids is 1. The number of carbonyl (C=O) groups is 1. The molecule has 2 aliphatic heterocycles. The van der Waals surface area contributed by atoms with Crippen LogP contribution in [-0.4, -0.2) is 52.5 Å². The van der Waals surface area contributed by atoms with Gasteiger partial charge in [0, 0.05) is 35.5 Å². The molecule has 0 unspecified atom stereocenters. The van der Waals surface area contributed by atoms with Gasteiger partial charge in [0.25, 0.3) is 5.91 Å². The van der Waals surface area contributed by atoms with E-state index < -0.39 is 15.6 Å². The Morgan fingerprint density at radius 2 is 1.83 bits per heavy atom. The summed E-state index contributed by atoms with van der Waals surface area (Å²) in [5.74, 6) is 0.0859. The number of nitrogens with one attached hydrogen (secondary N) is 2. The first-order valence-corrected chi connectivity index (χ1v) is 15.7. The Hall–Kier alpha value is -3.51. The predicted octanol–water partition coefficient (Wildman–Crippen LogP) is 5.17. The second kappa shape index (κ2) is 10.3. The van der Waals surface area contributed by atoms with Gasteiger partial charge < -0.3 is 15.0 Å². The Kier molecular flexibility index (Phi) is 7.04. The van der Waals surface area contributed by atoms with Gasteiger partial charge in [0.1, 0.15) is 16.3 Å². The molecule has 12 heteroatoms. The fourth-order valence-corrected chi connectivity index (χ4v) is 7.48. The maximum absolute atomic E-state index is 14.0. The minimum absolute atomic E-state index is 0.0794. The lowest BCUT2D eigenvalue weighted by Crippen LogP contribution is -2.45. The molecule has 2 N–H and O–H groups in total. The highest BCUT2D eigenvalue weighted by molar-refractivity contribution is 7.89. The molecule has 220 valence electrons. The summed E-state index contributed by atoms with van der Waals surface area (Å²) in [4.78, 5) is 20.2. The van der Waals surface area contributed by atoms with Gasteiger partial charge in [-0.05, 0) is 75.4 Å².